The van der Waals surface area contributed by atoms with Crippen molar-refractivity contribution in [3.63, 3.8) is 0 Å². The summed E-state index contributed by atoms with van der Waals surface area (Å²) in [6.07, 6.45) is 2.24. The number of Topliss-reactive ketones (excluding diaryl/α,β-unsaturated/α-hetero) is 1. The summed E-state index contributed by atoms with van der Waals surface area (Å²) in [6, 6.07) is 8.72. The fraction of sp³-hybridized carbons (Fsp3) is 0.500. The van der Waals surface area contributed by atoms with E-state index in [0.717, 1.165) is 0 Å². The summed E-state index contributed by atoms with van der Waals surface area (Å²) in [5.74, 6) is -1.44. The summed E-state index contributed by atoms with van der Waals surface area (Å²) in [7, 11) is 0. The zero-order valence-electron chi connectivity index (χ0n) is 15.6. The van der Waals surface area contributed by atoms with Gasteiger partial charge in [0.05, 0.1) is 0 Å². The molecule has 0 aromatic heterocycles. The average Bonchev–Trinajstić information content (AvgIpc) is 2.90. The normalized spacial score (nSPS) is 17.1. The van der Waals surface area contributed by atoms with E-state index in [9.17, 15) is 19.2 Å². The Morgan fingerprint density at radius 3 is 2.41 bits per heavy atom. The van der Waals surface area contributed by atoms with Crippen LogP contribution in [0.25, 0.3) is 0 Å². The summed E-state index contributed by atoms with van der Waals surface area (Å²) < 4.78 is 0. The van der Waals surface area contributed by atoms with Gasteiger partial charge in [0, 0.05) is 44.5 Å². The van der Waals surface area contributed by atoms with E-state index in [-0.39, 0.29) is 43.0 Å². The molecule has 1 aliphatic heterocycles. The van der Waals surface area contributed by atoms with Gasteiger partial charge in [-0.3, -0.25) is 19.2 Å². The van der Waals surface area contributed by atoms with Gasteiger partial charge in [-0.05, 0) is 19.3 Å². The molecule has 2 rings (SSSR count). The van der Waals surface area contributed by atoms with Crippen LogP contribution in [-0.2, 0) is 14.4 Å². The minimum absolute atomic E-state index is 0.0548. The smallest absolute Gasteiger partial charge is 0.323 e. The molecule has 0 radical (unpaired) electrons. The van der Waals surface area contributed by atoms with E-state index < -0.39 is 5.97 Å². The number of hydrogen-bond donors (Lipinski definition) is 1. The molecule has 0 aliphatic carbocycles. The summed E-state index contributed by atoms with van der Waals surface area (Å²) in [5, 5.41) is 9.00. The van der Waals surface area contributed by atoms with Crippen molar-refractivity contribution in [1.29, 1.82) is 0 Å². The Morgan fingerprint density at radius 1 is 1.07 bits per heavy atom. The second-order valence-electron chi connectivity index (χ2n) is 6.80. The van der Waals surface area contributed by atoms with Crippen LogP contribution in [0, 0.1) is 0 Å². The summed E-state index contributed by atoms with van der Waals surface area (Å²) in [5.41, 5.74) is 0.604. The number of nitrogens with zero attached hydrogens (tertiary/aromatic N) is 2. The highest BCUT2D eigenvalue weighted by molar-refractivity contribution is 5.97. The molecule has 0 saturated carbocycles. The number of carbonyl (C=O) groups excluding carboxylic acids is 3. The standard InChI is InChI=1S/C20H26N2O5/c1-15(23)22(14-20(26)27)17-8-5-12-21(13-11-17)19(25)10-9-18(24)16-6-3-2-4-7-16/h2-4,6-7,17H,5,8-14H2,1H3,(H,26,27). The Labute approximate surface area is 158 Å². The summed E-state index contributed by atoms with van der Waals surface area (Å²) >= 11 is 0. The second kappa shape index (κ2) is 9.85. The Balaban J connectivity index is 1.87. The molecule has 0 bridgehead atoms. The van der Waals surface area contributed by atoms with Crippen LogP contribution in [0.15, 0.2) is 30.3 Å². The minimum Gasteiger partial charge on any atom is -0.480 e. The molecule has 2 amide bonds. The van der Waals surface area contributed by atoms with Crippen LogP contribution in [0.2, 0.25) is 0 Å². The van der Waals surface area contributed by atoms with Crippen LogP contribution in [0.1, 0.15) is 49.4 Å². The van der Waals surface area contributed by atoms with Crippen LogP contribution >= 0.6 is 0 Å². The third-order valence-corrected chi connectivity index (χ3v) is 4.86. The average molecular weight is 374 g/mol. The lowest BCUT2D eigenvalue weighted by Crippen LogP contribution is -2.43. The number of likely N-dealkylation sites (tertiary alicyclic amines) is 1. The molecule has 1 fully saturated rings. The molecule has 7 nitrogen and oxygen atoms in total. The van der Waals surface area contributed by atoms with Gasteiger partial charge in [0.15, 0.2) is 5.78 Å². The molecule has 1 aliphatic rings. The van der Waals surface area contributed by atoms with Gasteiger partial charge in [-0.25, -0.2) is 0 Å². The van der Waals surface area contributed by atoms with Crippen molar-refractivity contribution in [2.24, 2.45) is 0 Å². The first-order chi connectivity index (χ1) is 12.9. The molecule has 1 atom stereocenters. The van der Waals surface area contributed by atoms with Crippen LogP contribution < -0.4 is 0 Å². The predicted molar refractivity (Wildman–Crippen MR) is 99.2 cm³/mol. The number of aliphatic carboxylic acids is 1. The van der Waals surface area contributed by atoms with E-state index in [2.05, 4.69) is 0 Å². The summed E-state index contributed by atoms with van der Waals surface area (Å²) in [4.78, 5) is 50.5. The lowest BCUT2D eigenvalue weighted by Gasteiger charge is -2.28. The van der Waals surface area contributed by atoms with Crippen molar-refractivity contribution in [1.82, 2.24) is 9.80 Å². The summed E-state index contributed by atoms with van der Waals surface area (Å²) in [6.45, 7) is 2.07. The molecule has 1 unspecified atom stereocenters. The topological polar surface area (TPSA) is 95.0 Å². The zero-order chi connectivity index (χ0) is 19.8. The maximum Gasteiger partial charge on any atom is 0.323 e. The minimum atomic E-state index is -1.04. The van der Waals surface area contributed by atoms with Crippen molar-refractivity contribution in [2.75, 3.05) is 19.6 Å². The number of ketones is 1. The molecule has 1 saturated heterocycles. The SMILES string of the molecule is CC(=O)N(CC(=O)O)C1CCCN(C(=O)CCC(=O)c2ccccc2)CC1. The van der Waals surface area contributed by atoms with Gasteiger partial charge in [-0.2, -0.15) is 0 Å². The molecule has 27 heavy (non-hydrogen) atoms. The number of benzene rings is 1. The molecule has 146 valence electrons. The van der Waals surface area contributed by atoms with Gasteiger partial charge in [-0.1, -0.05) is 30.3 Å². The Kier molecular flexibility index (Phi) is 7.52. The number of carboxylic acid groups (broad SMARTS) is 1. The number of amides is 2. The zero-order valence-corrected chi connectivity index (χ0v) is 15.6. The van der Waals surface area contributed by atoms with Crippen molar-refractivity contribution in [3.8, 4) is 0 Å². The molecule has 1 aromatic carbocycles. The van der Waals surface area contributed by atoms with E-state index in [1.54, 1.807) is 29.2 Å². The molecular weight excluding hydrogens is 348 g/mol. The first kappa shape index (κ1) is 20.6. The highest BCUT2D eigenvalue weighted by Crippen LogP contribution is 2.18. The predicted octanol–water partition coefficient (Wildman–Crippen LogP) is 1.96. The lowest BCUT2D eigenvalue weighted by atomic mass is 10.1. The van der Waals surface area contributed by atoms with E-state index >= 15 is 0 Å². The third kappa shape index (κ3) is 6.20. The quantitative estimate of drug-likeness (QED) is 0.736. The fourth-order valence-corrected chi connectivity index (χ4v) is 3.43. The Bertz CT molecular complexity index is 689. The van der Waals surface area contributed by atoms with Gasteiger partial charge in [0.25, 0.3) is 0 Å². The van der Waals surface area contributed by atoms with Crippen molar-refractivity contribution >= 4 is 23.6 Å². The van der Waals surface area contributed by atoms with Gasteiger partial charge in [-0.15, -0.1) is 0 Å². The van der Waals surface area contributed by atoms with Crippen LogP contribution in [0.5, 0.6) is 0 Å². The van der Waals surface area contributed by atoms with Crippen molar-refractivity contribution in [2.45, 2.75) is 45.1 Å². The monoisotopic (exact) mass is 374 g/mol. The first-order valence-corrected chi connectivity index (χ1v) is 9.23. The highest BCUT2D eigenvalue weighted by atomic mass is 16.4. The Hall–Kier alpha value is -2.70. The molecule has 1 aromatic rings. The lowest BCUT2D eigenvalue weighted by molar-refractivity contribution is -0.145. The van der Waals surface area contributed by atoms with Gasteiger partial charge >= 0.3 is 5.97 Å². The van der Waals surface area contributed by atoms with Crippen molar-refractivity contribution in [3.05, 3.63) is 35.9 Å². The van der Waals surface area contributed by atoms with Gasteiger partial charge < -0.3 is 14.9 Å². The van der Waals surface area contributed by atoms with E-state index in [1.807, 2.05) is 6.07 Å². The van der Waals surface area contributed by atoms with Crippen LogP contribution in [-0.4, -0.2) is 64.1 Å². The largest absolute Gasteiger partial charge is 0.480 e. The maximum atomic E-state index is 12.5. The number of carbonyl (C=O) groups is 4. The second-order valence-corrected chi connectivity index (χ2v) is 6.80. The van der Waals surface area contributed by atoms with E-state index in [0.29, 0.717) is 37.9 Å². The number of hydrogen-bond acceptors (Lipinski definition) is 4. The van der Waals surface area contributed by atoms with Crippen LogP contribution in [0.4, 0.5) is 0 Å². The van der Waals surface area contributed by atoms with Crippen molar-refractivity contribution < 1.29 is 24.3 Å². The van der Waals surface area contributed by atoms with Gasteiger partial charge in [0.2, 0.25) is 11.8 Å². The fourth-order valence-electron chi connectivity index (χ4n) is 3.43. The number of rotatable bonds is 7. The highest BCUT2D eigenvalue weighted by Gasteiger charge is 2.27. The molecule has 1 N–H and O–H groups in total. The Morgan fingerprint density at radius 2 is 1.78 bits per heavy atom. The van der Waals surface area contributed by atoms with E-state index in [1.165, 1.54) is 11.8 Å². The number of carboxylic acids is 1. The molecular formula is C20H26N2O5. The molecule has 0 spiro atoms. The molecule has 1 heterocycles. The molecule has 7 heteroatoms. The van der Waals surface area contributed by atoms with E-state index in [4.69, 9.17) is 5.11 Å². The first-order valence-electron chi connectivity index (χ1n) is 9.23. The maximum absolute atomic E-state index is 12.5. The third-order valence-electron chi connectivity index (χ3n) is 4.86. The van der Waals surface area contributed by atoms with Crippen LogP contribution in [0.3, 0.4) is 0 Å². The van der Waals surface area contributed by atoms with Gasteiger partial charge in [0.1, 0.15) is 6.54 Å².